The number of fused-ring (bicyclic) bond motifs is 1. The van der Waals surface area contributed by atoms with Gasteiger partial charge in [-0.25, -0.2) is 4.79 Å². The zero-order valence-corrected chi connectivity index (χ0v) is 12.8. The monoisotopic (exact) mass is 309 g/mol. The Labute approximate surface area is 125 Å². The summed E-state index contributed by atoms with van der Waals surface area (Å²) in [5.74, 6) is 0.544. The summed E-state index contributed by atoms with van der Waals surface area (Å²) < 4.78 is 5.46. The maximum atomic E-state index is 11.0. The van der Waals surface area contributed by atoms with Gasteiger partial charge in [0, 0.05) is 16.5 Å². The lowest BCUT2D eigenvalue weighted by Gasteiger charge is -2.13. The highest BCUT2D eigenvalue weighted by molar-refractivity contribution is 7.99. The number of thioether (sulfide) groups is 2. The first kappa shape index (κ1) is 15.0. The Morgan fingerprint density at radius 2 is 2.25 bits per heavy atom. The lowest BCUT2D eigenvalue weighted by molar-refractivity contribution is -0.140. The van der Waals surface area contributed by atoms with Gasteiger partial charge in [0.15, 0.2) is 0 Å². The van der Waals surface area contributed by atoms with E-state index in [0.717, 1.165) is 33.3 Å². The summed E-state index contributed by atoms with van der Waals surface area (Å²) in [7, 11) is 0. The maximum Gasteiger partial charge on any atom is 0.355 e. The molecule has 0 saturated heterocycles. The highest BCUT2D eigenvalue weighted by atomic mass is 32.2. The van der Waals surface area contributed by atoms with Crippen LogP contribution < -0.4 is 4.74 Å². The van der Waals surface area contributed by atoms with Gasteiger partial charge in [0.05, 0.1) is 5.52 Å². The van der Waals surface area contributed by atoms with Crippen molar-refractivity contribution in [1.82, 2.24) is 4.98 Å². The van der Waals surface area contributed by atoms with Crippen LogP contribution in [0.15, 0.2) is 35.4 Å². The van der Waals surface area contributed by atoms with Gasteiger partial charge < -0.3 is 9.84 Å². The van der Waals surface area contributed by atoms with Crippen LogP contribution in [0.3, 0.4) is 0 Å². The molecule has 4 nitrogen and oxygen atoms in total. The van der Waals surface area contributed by atoms with Crippen LogP contribution >= 0.6 is 23.5 Å². The molecule has 0 saturated carbocycles. The van der Waals surface area contributed by atoms with Gasteiger partial charge in [-0.1, -0.05) is 6.92 Å². The lowest BCUT2D eigenvalue weighted by Crippen LogP contribution is -2.22. The Bertz CT molecular complexity index is 618. The number of benzene rings is 1. The molecule has 1 heterocycles. The van der Waals surface area contributed by atoms with Gasteiger partial charge in [-0.15, -0.1) is 23.5 Å². The molecule has 1 atom stereocenters. The topological polar surface area (TPSA) is 59.4 Å². The van der Waals surface area contributed by atoms with Gasteiger partial charge in [0.25, 0.3) is 0 Å². The number of carboxylic acids is 1. The number of aliphatic carboxylic acids is 1. The molecule has 0 radical (unpaired) electrons. The number of ether oxygens (including phenoxy) is 1. The molecule has 20 heavy (non-hydrogen) atoms. The molecule has 0 aliphatic heterocycles. The third kappa shape index (κ3) is 3.58. The van der Waals surface area contributed by atoms with E-state index in [1.807, 2.05) is 24.4 Å². The summed E-state index contributed by atoms with van der Waals surface area (Å²) in [5.41, 5.74) is -0.0255. The second-order valence-corrected chi connectivity index (χ2v) is 6.22. The fraction of sp³-hybridized carbons (Fsp3) is 0.286. The van der Waals surface area contributed by atoms with Crippen molar-refractivity contribution in [3.05, 3.63) is 30.5 Å². The molecule has 1 unspecified atom stereocenters. The first-order valence-electron chi connectivity index (χ1n) is 6.09. The predicted molar refractivity (Wildman–Crippen MR) is 83.7 cm³/mol. The molecular weight excluding hydrogens is 294 g/mol. The van der Waals surface area contributed by atoms with E-state index in [1.54, 1.807) is 24.1 Å². The summed E-state index contributed by atoms with van der Waals surface area (Å²) in [6, 6.07) is 7.45. The number of carboxylic acid groups (broad SMARTS) is 1. The molecule has 1 aromatic heterocycles. The Morgan fingerprint density at radius 1 is 1.45 bits per heavy atom. The first-order valence-corrected chi connectivity index (χ1v) is 8.36. The molecule has 0 aliphatic carbocycles. The van der Waals surface area contributed by atoms with Gasteiger partial charge in [0.2, 0.25) is 5.44 Å². The van der Waals surface area contributed by atoms with Crippen molar-refractivity contribution in [3.63, 3.8) is 0 Å². The second kappa shape index (κ2) is 6.85. The minimum atomic E-state index is -0.981. The molecule has 0 bridgehead atoms. The molecule has 2 aromatic rings. The Balaban J connectivity index is 2.29. The quantitative estimate of drug-likeness (QED) is 0.651. The average Bonchev–Trinajstić information content (AvgIpc) is 2.44. The third-order valence-corrected chi connectivity index (χ3v) is 4.17. The fourth-order valence-electron chi connectivity index (χ4n) is 1.73. The summed E-state index contributed by atoms with van der Waals surface area (Å²) in [5, 5.41) is 9.95. The molecule has 0 amide bonds. The first-order chi connectivity index (χ1) is 9.63. The number of rotatable bonds is 6. The molecule has 0 aliphatic rings. The summed E-state index contributed by atoms with van der Waals surface area (Å²) in [6.45, 7) is 2.09. The number of nitrogens with zero attached hydrogens (tertiary/aromatic N) is 1. The minimum absolute atomic E-state index is 0.541. The largest absolute Gasteiger partial charge is 0.478 e. The summed E-state index contributed by atoms with van der Waals surface area (Å²) in [4.78, 5) is 16.4. The zero-order valence-electron chi connectivity index (χ0n) is 11.2. The van der Waals surface area contributed by atoms with Crippen LogP contribution in [0.25, 0.3) is 10.9 Å². The van der Waals surface area contributed by atoms with Gasteiger partial charge in [-0.3, -0.25) is 4.98 Å². The van der Waals surface area contributed by atoms with Crippen molar-refractivity contribution in [1.29, 1.82) is 0 Å². The summed E-state index contributed by atoms with van der Waals surface area (Å²) in [6.07, 6.45) is 3.55. The van der Waals surface area contributed by atoms with Crippen LogP contribution in [0.4, 0.5) is 0 Å². The van der Waals surface area contributed by atoms with E-state index in [2.05, 4.69) is 11.9 Å². The van der Waals surface area contributed by atoms with E-state index in [0.29, 0.717) is 5.75 Å². The van der Waals surface area contributed by atoms with Gasteiger partial charge in [0.1, 0.15) is 5.75 Å². The van der Waals surface area contributed by atoms with E-state index in [1.165, 1.54) is 0 Å². The number of hydrogen-bond donors (Lipinski definition) is 1. The van der Waals surface area contributed by atoms with E-state index in [4.69, 9.17) is 9.84 Å². The Morgan fingerprint density at radius 3 is 2.90 bits per heavy atom. The van der Waals surface area contributed by atoms with Gasteiger partial charge >= 0.3 is 5.97 Å². The van der Waals surface area contributed by atoms with E-state index in [-0.39, 0.29) is 0 Å². The van der Waals surface area contributed by atoms with Gasteiger partial charge in [-0.2, -0.15) is 0 Å². The number of pyridine rings is 1. The third-order valence-electron chi connectivity index (χ3n) is 2.60. The van der Waals surface area contributed by atoms with Crippen molar-refractivity contribution in [2.45, 2.75) is 17.3 Å². The van der Waals surface area contributed by atoms with Crippen LogP contribution in [0.1, 0.15) is 6.92 Å². The molecule has 1 N–H and O–H groups in total. The smallest absolute Gasteiger partial charge is 0.355 e. The van der Waals surface area contributed by atoms with Crippen molar-refractivity contribution in [3.8, 4) is 5.75 Å². The Hall–Kier alpha value is -1.40. The predicted octanol–water partition coefficient (Wildman–Crippen LogP) is 3.50. The lowest BCUT2D eigenvalue weighted by atomic mass is 10.2. The molecule has 1 aromatic carbocycles. The van der Waals surface area contributed by atoms with Crippen LogP contribution in [0.5, 0.6) is 5.75 Å². The van der Waals surface area contributed by atoms with Gasteiger partial charge in [-0.05, 0) is 36.3 Å². The zero-order chi connectivity index (χ0) is 14.5. The van der Waals surface area contributed by atoms with Crippen LogP contribution in [0, 0.1) is 0 Å². The number of aromatic nitrogens is 1. The Kier molecular flexibility index (Phi) is 5.14. The fourth-order valence-corrected chi connectivity index (χ4v) is 2.81. The van der Waals surface area contributed by atoms with Crippen molar-refractivity contribution < 1.29 is 14.6 Å². The molecule has 106 valence electrons. The highest BCUT2D eigenvalue weighted by Crippen LogP contribution is 2.26. The average molecular weight is 309 g/mol. The van der Waals surface area contributed by atoms with Crippen LogP contribution in [-0.2, 0) is 4.79 Å². The van der Waals surface area contributed by atoms with Crippen molar-refractivity contribution in [2.75, 3.05) is 12.0 Å². The molecule has 0 fully saturated rings. The van der Waals surface area contributed by atoms with Crippen molar-refractivity contribution in [2.24, 2.45) is 0 Å². The van der Waals surface area contributed by atoms with E-state index >= 15 is 0 Å². The summed E-state index contributed by atoms with van der Waals surface area (Å²) >= 11 is 2.87. The molecular formula is C14H15NO3S2. The number of carbonyl (C=O) groups is 1. The second-order valence-electron chi connectivity index (χ2n) is 3.98. The number of hydrogen-bond acceptors (Lipinski definition) is 5. The molecule has 6 heteroatoms. The highest BCUT2D eigenvalue weighted by Gasteiger charge is 2.17. The standard InChI is InChI=1S/C14H15NO3S2/c1-3-20-11-7-9-6-10(4-5-12(9)15-8-11)18-14(19-2)13(16)17/h4-8,14H,3H2,1-2H3,(H,16,17). The minimum Gasteiger partial charge on any atom is -0.478 e. The SMILES string of the molecule is CCSc1cnc2ccc(OC(SC)C(=O)O)cc2c1. The van der Waals surface area contributed by atoms with E-state index < -0.39 is 11.4 Å². The van der Waals surface area contributed by atoms with E-state index in [9.17, 15) is 4.79 Å². The maximum absolute atomic E-state index is 11.0. The van der Waals surface area contributed by atoms with Crippen LogP contribution in [0.2, 0.25) is 0 Å². The normalized spacial score (nSPS) is 12.3. The van der Waals surface area contributed by atoms with Crippen molar-refractivity contribution >= 4 is 40.4 Å². The van der Waals surface area contributed by atoms with Crippen LogP contribution in [-0.4, -0.2) is 33.5 Å². The molecule has 2 rings (SSSR count). The molecule has 0 spiro atoms.